The molecule has 154 valence electrons. The second kappa shape index (κ2) is 13.7. The van der Waals surface area contributed by atoms with E-state index in [0.29, 0.717) is 18.9 Å². The summed E-state index contributed by atoms with van der Waals surface area (Å²) in [5.74, 6) is 2.54. The highest BCUT2D eigenvalue weighted by Gasteiger charge is 2.13. The molecule has 5 nitrogen and oxygen atoms in total. The molecule has 1 unspecified atom stereocenters. The first-order chi connectivity index (χ1) is 13.0. The van der Waals surface area contributed by atoms with Crippen LogP contribution in [0, 0.1) is 0 Å². The summed E-state index contributed by atoms with van der Waals surface area (Å²) < 4.78 is 11.3. The van der Waals surface area contributed by atoms with Crippen molar-refractivity contribution in [1.82, 2.24) is 10.2 Å². The zero-order chi connectivity index (χ0) is 20.1. The highest BCUT2D eigenvalue weighted by Crippen LogP contribution is 2.28. The largest absolute Gasteiger partial charge is 0.493 e. The van der Waals surface area contributed by atoms with Gasteiger partial charge in [-0.25, -0.2) is 0 Å². The van der Waals surface area contributed by atoms with E-state index in [1.165, 1.54) is 0 Å². The van der Waals surface area contributed by atoms with Crippen molar-refractivity contribution >= 4 is 17.7 Å². The maximum atomic E-state index is 12.2. The first-order valence-electron chi connectivity index (χ1n) is 9.96. The van der Waals surface area contributed by atoms with Crippen LogP contribution in [0.25, 0.3) is 0 Å². The lowest BCUT2D eigenvalue weighted by atomic mass is 10.2. The van der Waals surface area contributed by atoms with Crippen LogP contribution in [0.1, 0.15) is 46.1 Å². The SMILES string of the molecule is CCCCSC(C)C(=O)NCc1ccc(OCCN(CC)CC)c(OC)c1. The Labute approximate surface area is 169 Å². The zero-order valence-corrected chi connectivity index (χ0v) is 18.4. The second-order valence-electron chi connectivity index (χ2n) is 6.44. The smallest absolute Gasteiger partial charge is 0.233 e. The van der Waals surface area contributed by atoms with Gasteiger partial charge in [-0.3, -0.25) is 4.79 Å². The molecule has 27 heavy (non-hydrogen) atoms. The number of benzene rings is 1. The van der Waals surface area contributed by atoms with Crippen LogP contribution in [0.3, 0.4) is 0 Å². The van der Waals surface area contributed by atoms with E-state index in [4.69, 9.17) is 9.47 Å². The normalized spacial score (nSPS) is 12.1. The van der Waals surface area contributed by atoms with E-state index >= 15 is 0 Å². The quantitative estimate of drug-likeness (QED) is 0.483. The molecular weight excluding hydrogens is 360 g/mol. The molecule has 0 saturated heterocycles. The van der Waals surface area contributed by atoms with Crippen LogP contribution in [0.5, 0.6) is 11.5 Å². The van der Waals surface area contributed by atoms with E-state index < -0.39 is 0 Å². The third kappa shape index (κ3) is 8.89. The van der Waals surface area contributed by atoms with Gasteiger partial charge in [0.05, 0.1) is 12.4 Å². The van der Waals surface area contributed by atoms with Crippen LogP contribution >= 0.6 is 11.8 Å². The van der Waals surface area contributed by atoms with E-state index in [-0.39, 0.29) is 11.2 Å². The monoisotopic (exact) mass is 396 g/mol. The van der Waals surface area contributed by atoms with Gasteiger partial charge < -0.3 is 19.7 Å². The predicted molar refractivity (Wildman–Crippen MR) is 115 cm³/mol. The Kier molecular flexibility index (Phi) is 12.0. The van der Waals surface area contributed by atoms with Crippen LogP contribution in [0.15, 0.2) is 18.2 Å². The summed E-state index contributed by atoms with van der Waals surface area (Å²) in [4.78, 5) is 14.5. The molecule has 1 N–H and O–H groups in total. The molecule has 1 aromatic carbocycles. The van der Waals surface area contributed by atoms with Crippen LogP contribution < -0.4 is 14.8 Å². The number of nitrogens with zero attached hydrogens (tertiary/aromatic N) is 1. The summed E-state index contributed by atoms with van der Waals surface area (Å²) >= 11 is 1.71. The number of ether oxygens (including phenoxy) is 2. The number of hydrogen-bond donors (Lipinski definition) is 1. The Morgan fingerprint density at radius 1 is 1.22 bits per heavy atom. The van der Waals surface area contributed by atoms with E-state index in [0.717, 1.165) is 49.5 Å². The molecule has 1 aromatic rings. The van der Waals surface area contributed by atoms with Crippen molar-refractivity contribution in [3.8, 4) is 11.5 Å². The minimum absolute atomic E-state index is 0.0267. The fourth-order valence-corrected chi connectivity index (χ4v) is 3.62. The lowest BCUT2D eigenvalue weighted by Crippen LogP contribution is -2.30. The van der Waals surface area contributed by atoms with E-state index in [9.17, 15) is 4.79 Å². The Morgan fingerprint density at radius 3 is 2.59 bits per heavy atom. The lowest BCUT2D eigenvalue weighted by molar-refractivity contribution is -0.120. The Balaban J connectivity index is 2.52. The Hall–Kier alpha value is -1.40. The molecular formula is C21H36N2O3S. The molecule has 0 radical (unpaired) electrons. The van der Waals surface area contributed by atoms with Crippen LogP contribution in [-0.2, 0) is 11.3 Å². The first kappa shape index (κ1) is 23.6. The van der Waals surface area contributed by atoms with Gasteiger partial charge in [0.2, 0.25) is 5.91 Å². The number of likely N-dealkylation sites (N-methyl/N-ethyl adjacent to an activating group) is 1. The Morgan fingerprint density at radius 2 is 1.96 bits per heavy atom. The van der Waals surface area contributed by atoms with E-state index in [1.54, 1.807) is 18.9 Å². The standard InChI is InChI=1S/C21H36N2O3S/c1-6-9-14-27-17(4)21(24)22-16-18-10-11-19(20(15-18)25-5)26-13-12-23(7-2)8-3/h10-11,15,17H,6-9,12-14,16H2,1-5H3,(H,22,24). The van der Waals surface area contributed by atoms with Crippen molar-refractivity contribution in [2.45, 2.75) is 52.3 Å². The van der Waals surface area contributed by atoms with E-state index in [1.807, 2.05) is 25.1 Å². The Bertz CT molecular complexity index is 550. The van der Waals surface area contributed by atoms with Crippen LogP contribution in [0.2, 0.25) is 0 Å². The van der Waals surface area contributed by atoms with Crippen molar-refractivity contribution in [2.24, 2.45) is 0 Å². The highest BCUT2D eigenvalue weighted by atomic mass is 32.2. The summed E-state index contributed by atoms with van der Waals surface area (Å²) in [5, 5.41) is 2.98. The minimum atomic E-state index is -0.0267. The molecule has 1 rings (SSSR count). The van der Waals surface area contributed by atoms with Gasteiger partial charge >= 0.3 is 0 Å². The third-order valence-corrected chi connectivity index (χ3v) is 5.73. The summed E-state index contributed by atoms with van der Waals surface area (Å²) in [7, 11) is 1.64. The van der Waals surface area contributed by atoms with Gasteiger partial charge in [-0.15, -0.1) is 11.8 Å². The van der Waals surface area contributed by atoms with Crippen molar-refractivity contribution < 1.29 is 14.3 Å². The second-order valence-corrected chi connectivity index (χ2v) is 7.89. The third-order valence-electron chi connectivity index (χ3n) is 4.49. The van der Waals surface area contributed by atoms with Gasteiger partial charge in [-0.05, 0) is 49.9 Å². The number of hydrogen-bond acceptors (Lipinski definition) is 5. The fourth-order valence-electron chi connectivity index (χ4n) is 2.58. The number of rotatable bonds is 14. The fraction of sp³-hybridized carbons (Fsp3) is 0.667. The highest BCUT2D eigenvalue weighted by molar-refractivity contribution is 8.00. The minimum Gasteiger partial charge on any atom is -0.493 e. The number of methoxy groups -OCH3 is 1. The number of carbonyl (C=O) groups is 1. The lowest BCUT2D eigenvalue weighted by Gasteiger charge is -2.19. The summed E-state index contributed by atoms with van der Waals surface area (Å²) in [6, 6.07) is 5.83. The van der Waals surface area contributed by atoms with Crippen molar-refractivity contribution in [3.05, 3.63) is 23.8 Å². The molecule has 6 heteroatoms. The molecule has 0 aromatic heterocycles. The molecule has 1 atom stereocenters. The molecule has 0 aliphatic rings. The van der Waals surface area contributed by atoms with E-state index in [2.05, 4.69) is 31.0 Å². The van der Waals surface area contributed by atoms with Gasteiger partial charge in [-0.2, -0.15) is 0 Å². The molecule has 0 fully saturated rings. The number of amides is 1. The molecule has 0 aliphatic carbocycles. The van der Waals surface area contributed by atoms with Crippen molar-refractivity contribution in [2.75, 3.05) is 39.1 Å². The van der Waals surface area contributed by atoms with Crippen molar-refractivity contribution in [1.29, 1.82) is 0 Å². The van der Waals surface area contributed by atoms with Gasteiger partial charge in [0, 0.05) is 13.1 Å². The van der Waals surface area contributed by atoms with Crippen molar-refractivity contribution in [3.63, 3.8) is 0 Å². The zero-order valence-electron chi connectivity index (χ0n) is 17.5. The molecule has 0 heterocycles. The number of unbranched alkanes of at least 4 members (excludes halogenated alkanes) is 1. The first-order valence-corrected chi connectivity index (χ1v) is 11.0. The summed E-state index contributed by atoms with van der Waals surface area (Å²) in [5.41, 5.74) is 1.00. The van der Waals surface area contributed by atoms with Crippen LogP contribution in [0.4, 0.5) is 0 Å². The number of thioether (sulfide) groups is 1. The molecule has 0 saturated carbocycles. The maximum Gasteiger partial charge on any atom is 0.233 e. The summed E-state index contributed by atoms with van der Waals surface area (Å²) in [6.45, 7) is 12.5. The van der Waals surface area contributed by atoms with Gasteiger partial charge in [-0.1, -0.05) is 33.3 Å². The molecule has 0 aliphatic heterocycles. The topological polar surface area (TPSA) is 50.8 Å². The predicted octanol–water partition coefficient (Wildman–Crippen LogP) is 3.95. The average Bonchev–Trinajstić information content (AvgIpc) is 2.69. The molecule has 1 amide bonds. The van der Waals surface area contributed by atoms with Gasteiger partial charge in [0.25, 0.3) is 0 Å². The maximum absolute atomic E-state index is 12.2. The van der Waals surface area contributed by atoms with Gasteiger partial charge in [0.1, 0.15) is 6.61 Å². The summed E-state index contributed by atoms with van der Waals surface area (Å²) in [6.07, 6.45) is 2.31. The number of carbonyl (C=O) groups excluding carboxylic acids is 1. The molecule has 0 bridgehead atoms. The van der Waals surface area contributed by atoms with Gasteiger partial charge in [0.15, 0.2) is 11.5 Å². The number of nitrogens with one attached hydrogen (secondary N) is 1. The average molecular weight is 397 g/mol. The molecule has 0 spiro atoms. The van der Waals surface area contributed by atoms with Crippen LogP contribution in [-0.4, -0.2) is 55.2 Å².